The highest BCUT2D eigenvalue weighted by Gasteiger charge is 2.06. The van der Waals surface area contributed by atoms with Crippen molar-refractivity contribution >= 4 is 24.9 Å². The lowest BCUT2D eigenvalue weighted by Gasteiger charge is -2.03. The summed E-state index contributed by atoms with van der Waals surface area (Å²) in [5.41, 5.74) is 5.55. The number of carboxylic acids is 1. The van der Waals surface area contributed by atoms with Gasteiger partial charge in [0.2, 0.25) is 0 Å². The minimum Gasteiger partial charge on any atom is -0.493 e. The van der Waals surface area contributed by atoms with Crippen LogP contribution in [-0.2, 0) is 4.79 Å². The van der Waals surface area contributed by atoms with E-state index < -0.39 is 12.0 Å². The Morgan fingerprint density at radius 1 is 1.56 bits per heavy atom. The van der Waals surface area contributed by atoms with E-state index in [2.05, 4.69) is 12.6 Å². The molecule has 1 unspecified atom stereocenters. The van der Waals surface area contributed by atoms with E-state index >= 15 is 0 Å². The first kappa shape index (κ1) is 16.5. The molecule has 0 heterocycles. The quantitative estimate of drug-likeness (QED) is 0.553. The summed E-state index contributed by atoms with van der Waals surface area (Å²) in [6.45, 7) is 2.48. The van der Waals surface area contributed by atoms with Crippen LogP contribution in [0.3, 0.4) is 0 Å². The SMILES string of the molecule is CCOc1ccccc1C=O.NC(CS)C(=O)O. The van der Waals surface area contributed by atoms with Crippen LogP contribution in [0, 0.1) is 0 Å². The van der Waals surface area contributed by atoms with Gasteiger partial charge in [-0.05, 0) is 19.1 Å². The van der Waals surface area contributed by atoms with Crippen molar-refractivity contribution in [1.29, 1.82) is 0 Å². The Morgan fingerprint density at radius 2 is 2.17 bits per heavy atom. The third kappa shape index (κ3) is 6.27. The molecule has 0 saturated carbocycles. The zero-order chi connectivity index (χ0) is 14.0. The summed E-state index contributed by atoms with van der Waals surface area (Å²) in [5, 5.41) is 8.01. The summed E-state index contributed by atoms with van der Waals surface area (Å²) in [7, 11) is 0. The second kappa shape index (κ2) is 9.49. The van der Waals surface area contributed by atoms with Crippen LogP contribution in [0.25, 0.3) is 0 Å². The summed E-state index contributed by atoms with van der Waals surface area (Å²) in [5.74, 6) is -0.157. The minimum atomic E-state index is -1.00. The van der Waals surface area contributed by atoms with E-state index in [0.717, 1.165) is 6.29 Å². The third-order valence-corrected chi connectivity index (χ3v) is 2.25. The maximum absolute atomic E-state index is 10.4. The third-order valence-electron chi connectivity index (χ3n) is 1.86. The largest absolute Gasteiger partial charge is 0.493 e. The lowest BCUT2D eigenvalue weighted by Crippen LogP contribution is -2.31. The Bertz CT molecular complexity index is 384. The van der Waals surface area contributed by atoms with Gasteiger partial charge < -0.3 is 15.6 Å². The maximum atomic E-state index is 10.4. The number of nitrogens with two attached hydrogens (primary N) is 1. The van der Waals surface area contributed by atoms with Crippen LogP contribution < -0.4 is 10.5 Å². The number of carbonyl (C=O) groups excluding carboxylic acids is 1. The molecular weight excluding hydrogens is 254 g/mol. The highest BCUT2D eigenvalue weighted by molar-refractivity contribution is 7.80. The molecule has 0 aliphatic heterocycles. The van der Waals surface area contributed by atoms with Gasteiger partial charge in [0.15, 0.2) is 6.29 Å². The predicted molar refractivity (Wildman–Crippen MR) is 72.5 cm³/mol. The van der Waals surface area contributed by atoms with Gasteiger partial charge in [0, 0.05) is 5.75 Å². The molecule has 0 aromatic heterocycles. The predicted octanol–water partition coefficient (Wildman–Crippen LogP) is 1.23. The Labute approximate surface area is 111 Å². The van der Waals surface area contributed by atoms with E-state index in [0.29, 0.717) is 17.9 Å². The Morgan fingerprint density at radius 3 is 2.56 bits per heavy atom. The molecule has 100 valence electrons. The molecule has 0 bridgehead atoms. The molecular formula is C12H17NO4S. The van der Waals surface area contributed by atoms with Crippen LogP contribution in [0.1, 0.15) is 17.3 Å². The molecule has 0 saturated heterocycles. The van der Waals surface area contributed by atoms with Gasteiger partial charge >= 0.3 is 5.97 Å². The number of hydrogen-bond donors (Lipinski definition) is 3. The second-order valence-electron chi connectivity index (χ2n) is 3.22. The van der Waals surface area contributed by atoms with Gasteiger partial charge in [0.05, 0.1) is 12.2 Å². The zero-order valence-electron chi connectivity index (χ0n) is 10.1. The van der Waals surface area contributed by atoms with Crippen molar-refractivity contribution in [2.45, 2.75) is 13.0 Å². The first-order chi connectivity index (χ1) is 8.56. The molecule has 0 radical (unpaired) electrons. The molecule has 0 aliphatic rings. The van der Waals surface area contributed by atoms with E-state index in [1.807, 2.05) is 19.1 Å². The molecule has 5 nitrogen and oxygen atoms in total. The molecule has 0 amide bonds. The Hall–Kier alpha value is -1.53. The van der Waals surface area contributed by atoms with Crippen molar-refractivity contribution < 1.29 is 19.4 Å². The fourth-order valence-electron chi connectivity index (χ4n) is 0.943. The van der Waals surface area contributed by atoms with Crippen LogP contribution in [-0.4, -0.2) is 35.8 Å². The summed E-state index contributed by atoms with van der Waals surface area (Å²) >= 11 is 3.65. The standard InChI is InChI=1S/C9H10O2.C3H7NO2S/c1-2-11-9-6-4-3-5-8(9)7-10;4-2(1-7)3(5)6/h3-7H,2H2,1H3;2,7H,1,4H2,(H,5,6). The Kier molecular flexibility index (Phi) is 8.69. The number of rotatable bonds is 5. The van der Waals surface area contributed by atoms with Crippen molar-refractivity contribution in [3.05, 3.63) is 29.8 Å². The molecule has 1 rings (SSSR count). The second-order valence-corrected chi connectivity index (χ2v) is 3.58. The van der Waals surface area contributed by atoms with Gasteiger partial charge in [-0.15, -0.1) is 0 Å². The number of para-hydroxylation sites is 1. The molecule has 1 aromatic carbocycles. The monoisotopic (exact) mass is 271 g/mol. The van der Waals surface area contributed by atoms with E-state index in [1.165, 1.54) is 0 Å². The fraction of sp³-hybridized carbons (Fsp3) is 0.333. The van der Waals surface area contributed by atoms with Crippen molar-refractivity contribution in [2.75, 3.05) is 12.4 Å². The number of aliphatic carboxylic acids is 1. The van der Waals surface area contributed by atoms with Gasteiger partial charge in [0.1, 0.15) is 11.8 Å². The summed E-state index contributed by atoms with van der Waals surface area (Å²) < 4.78 is 5.20. The van der Waals surface area contributed by atoms with Gasteiger partial charge in [-0.2, -0.15) is 12.6 Å². The van der Waals surface area contributed by atoms with Gasteiger partial charge in [0.25, 0.3) is 0 Å². The van der Waals surface area contributed by atoms with E-state index in [1.54, 1.807) is 12.1 Å². The molecule has 0 fully saturated rings. The molecule has 3 N–H and O–H groups in total. The van der Waals surface area contributed by atoms with Crippen LogP contribution in [0.2, 0.25) is 0 Å². The fourth-order valence-corrected chi connectivity index (χ4v) is 1.10. The average Bonchev–Trinajstić information content (AvgIpc) is 2.39. The number of carboxylic acid groups (broad SMARTS) is 1. The maximum Gasteiger partial charge on any atom is 0.321 e. The number of benzene rings is 1. The molecule has 0 aliphatic carbocycles. The van der Waals surface area contributed by atoms with Crippen molar-refractivity contribution in [1.82, 2.24) is 0 Å². The van der Waals surface area contributed by atoms with Gasteiger partial charge in [-0.3, -0.25) is 9.59 Å². The average molecular weight is 271 g/mol. The van der Waals surface area contributed by atoms with Crippen LogP contribution >= 0.6 is 12.6 Å². The molecule has 6 heteroatoms. The van der Waals surface area contributed by atoms with Crippen molar-refractivity contribution in [3.63, 3.8) is 0 Å². The first-order valence-electron chi connectivity index (χ1n) is 5.33. The normalized spacial score (nSPS) is 10.8. The molecule has 0 spiro atoms. The highest BCUT2D eigenvalue weighted by Crippen LogP contribution is 2.14. The number of aldehydes is 1. The number of ether oxygens (including phenoxy) is 1. The summed E-state index contributed by atoms with van der Waals surface area (Å²) in [6.07, 6.45) is 0.797. The minimum absolute atomic E-state index is 0.190. The number of carbonyl (C=O) groups is 2. The van der Waals surface area contributed by atoms with Crippen LogP contribution in [0.15, 0.2) is 24.3 Å². The van der Waals surface area contributed by atoms with Crippen molar-refractivity contribution in [2.24, 2.45) is 5.73 Å². The molecule has 18 heavy (non-hydrogen) atoms. The molecule has 1 atom stereocenters. The van der Waals surface area contributed by atoms with Crippen LogP contribution in [0.5, 0.6) is 5.75 Å². The lowest BCUT2D eigenvalue weighted by atomic mass is 10.2. The lowest BCUT2D eigenvalue weighted by molar-refractivity contribution is -0.137. The highest BCUT2D eigenvalue weighted by atomic mass is 32.1. The Balaban J connectivity index is 0.000000360. The summed E-state index contributed by atoms with van der Waals surface area (Å²) in [6, 6.07) is 6.36. The number of thiol groups is 1. The first-order valence-corrected chi connectivity index (χ1v) is 5.96. The smallest absolute Gasteiger partial charge is 0.321 e. The molecule has 1 aromatic rings. The van der Waals surface area contributed by atoms with Crippen LogP contribution in [0.4, 0.5) is 0 Å². The van der Waals surface area contributed by atoms with E-state index in [-0.39, 0.29) is 5.75 Å². The van der Waals surface area contributed by atoms with E-state index in [4.69, 9.17) is 15.6 Å². The van der Waals surface area contributed by atoms with Crippen molar-refractivity contribution in [3.8, 4) is 5.75 Å². The topological polar surface area (TPSA) is 89.6 Å². The van der Waals surface area contributed by atoms with Gasteiger partial charge in [-0.25, -0.2) is 0 Å². The van der Waals surface area contributed by atoms with E-state index in [9.17, 15) is 9.59 Å². The number of hydrogen-bond acceptors (Lipinski definition) is 5. The summed E-state index contributed by atoms with van der Waals surface area (Å²) in [4.78, 5) is 20.2. The van der Waals surface area contributed by atoms with Gasteiger partial charge in [-0.1, -0.05) is 12.1 Å². The zero-order valence-corrected chi connectivity index (χ0v) is 11.0.